The minimum atomic E-state index is -0.277. The minimum Gasteiger partial charge on any atom is -0.378 e. The van der Waals surface area contributed by atoms with Gasteiger partial charge in [0.2, 0.25) is 0 Å². The topological polar surface area (TPSA) is 28.2 Å². The summed E-state index contributed by atoms with van der Waals surface area (Å²) < 4.78 is 14.1. The Kier molecular flexibility index (Phi) is 5.28. The van der Waals surface area contributed by atoms with Crippen molar-refractivity contribution in [2.45, 2.75) is 19.4 Å². The smallest absolute Gasteiger partial charge is 0.146 e. The Labute approximate surface area is 125 Å². The second kappa shape index (κ2) is 7.18. The van der Waals surface area contributed by atoms with Gasteiger partial charge in [-0.05, 0) is 36.7 Å². The average molecular weight is 287 g/mol. The van der Waals surface area contributed by atoms with E-state index in [-0.39, 0.29) is 11.9 Å². The molecule has 0 aliphatic carbocycles. The molecule has 1 heterocycles. The number of hydrogen-bond acceptors (Lipinski definition) is 3. The van der Waals surface area contributed by atoms with Crippen LogP contribution in [0.3, 0.4) is 0 Å². The van der Waals surface area contributed by atoms with Gasteiger partial charge in [0.05, 0.1) is 12.2 Å². The fraction of sp³-hybridized carbons (Fsp3) is 0.353. The molecule has 1 unspecified atom stereocenters. The van der Waals surface area contributed by atoms with Gasteiger partial charge >= 0.3 is 0 Å². The van der Waals surface area contributed by atoms with Crippen LogP contribution in [0.2, 0.25) is 0 Å². The van der Waals surface area contributed by atoms with Crippen LogP contribution in [0.1, 0.15) is 30.5 Å². The maximum atomic E-state index is 14.1. The molecule has 0 amide bonds. The van der Waals surface area contributed by atoms with Gasteiger partial charge in [-0.15, -0.1) is 0 Å². The summed E-state index contributed by atoms with van der Waals surface area (Å²) in [5, 5.41) is 3.42. The predicted octanol–water partition coefficient (Wildman–Crippen LogP) is 3.38. The monoisotopic (exact) mass is 287 g/mol. The van der Waals surface area contributed by atoms with Crippen LogP contribution in [0.25, 0.3) is 0 Å². The lowest BCUT2D eigenvalue weighted by Gasteiger charge is -2.22. The molecule has 0 saturated carbocycles. The molecule has 1 aromatic heterocycles. The highest BCUT2D eigenvalue weighted by Crippen LogP contribution is 2.26. The minimum absolute atomic E-state index is 0.159. The maximum Gasteiger partial charge on any atom is 0.146 e. The summed E-state index contributed by atoms with van der Waals surface area (Å²) in [6.07, 6.45) is 3.90. The number of anilines is 1. The number of pyridine rings is 1. The molecule has 0 aliphatic rings. The molecule has 0 radical (unpaired) electrons. The zero-order valence-corrected chi connectivity index (χ0v) is 12.8. The highest BCUT2D eigenvalue weighted by atomic mass is 19.1. The first kappa shape index (κ1) is 15.4. The van der Waals surface area contributed by atoms with E-state index in [1.807, 2.05) is 37.2 Å². The highest BCUT2D eigenvalue weighted by molar-refractivity contribution is 5.49. The van der Waals surface area contributed by atoms with E-state index in [0.717, 1.165) is 24.2 Å². The molecule has 3 nitrogen and oxygen atoms in total. The van der Waals surface area contributed by atoms with Gasteiger partial charge in [0.15, 0.2) is 0 Å². The van der Waals surface area contributed by atoms with Crippen molar-refractivity contribution in [1.82, 2.24) is 10.3 Å². The van der Waals surface area contributed by atoms with Gasteiger partial charge in [0, 0.05) is 31.5 Å². The zero-order chi connectivity index (χ0) is 15.2. The van der Waals surface area contributed by atoms with Crippen LogP contribution in [0.4, 0.5) is 10.1 Å². The van der Waals surface area contributed by atoms with E-state index in [1.165, 1.54) is 6.20 Å². The fourth-order valence-corrected chi connectivity index (χ4v) is 2.30. The van der Waals surface area contributed by atoms with Crippen LogP contribution in [-0.2, 0) is 0 Å². The van der Waals surface area contributed by atoms with Gasteiger partial charge in [-0.1, -0.05) is 19.1 Å². The first-order chi connectivity index (χ1) is 10.1. The summed E-state index contributed by atoms with van der Waals surface area (Å²) in [6, 6.07) is 9.75. The lowest BCUT2D eigenvalue weighted by atomic mass is 9.98. The van der Waals surface area contributed by atoms with E-state index >= 15 is 0 Å². The summed E-state index contributed by atoms with van der Waals surface area (Å²) in [6.45, 7) is 2.93. The zero-order valence-electron chi connectivity index (χ0n) is 12.8. The van der Waals surface area contributed by atoms with Crippen LogP contribution in [0.15, 0.2) is 42.7 Å². The molecule has 4 heteroatoms. The molecular formula is C17H22FN3. The Morgan fingerprint density at radius 2 is 2.10 bits per heavy atom. The number of nitrogens with one attached hydrogen (secondary N) is 1. The van der Waals surface area contributed by atoms with Crippen molar-refractivity contribution < 1.29 is 4.39 Å². The van der Waals surface area contributed by atoms with Gasteiger partial charge in [-0.3, -0.25) is 4.98 Å². The molecule has 1 aromatic carbocycles. The molecule has 1 N–H and O–H groups in total. The number of aromatic nitrogens is 1. The number of hydrogen-bond donors (Lipinski definition) is 1. The molecule has 0 aliphatic heterocycles. The van der Waals surface area contributed by atoms with Crippen molar-refractivity contribution in [1.29, 1.82) is 0 Å². The Balaban J connectivity index is 2.40. The van der Waals surface area contributed by atoms with Crippen molar-refractivity contribution in [3.63, 3.8) is 0 Å². The Morgan fingerprint density at radius 1 is 1.29 bits per heavy atom. The normalized spacial score (nSPS) is 12.2. The third-order valence-corrected chi connectivity index (χ3v) is 3.43. The van der Waals surface area contributed by atoms with Crippen molar-refractivity contribution in [3.8, 4) is 0 Å². The molecule has 0 spiro atoms. The van der Waals surface area contributed by atoms with Crippen molar-refractivity contribution in [2.75, 3.05) is 25.5 Å². The van der Waals surface area contributed by atoms with E-state index < -0.39 is 0 Å². The molecule has 112 valence electrons. The van der Waals surface area contributed by atoms with E-state index in [2.05, 4.69) is 23.3 Å². The summed E-state index contributed by atoms with van der Waals surface area (Å²) in [4.78, 5) is 5.88. The van der Waals surface area contributed by atoms with Crippen LogP contribution < -0.4 is 10.2 Å². The Bertz CT molecular complexity index is 584. The Morgan fingerprint density at radius 3 is 2.76 bits per heavy atom. The molecule has 0 saturated heterocycles. The fourth-order valence-electron chi connectivity index (χ4n) is 2.30. The van der Waals surface area contributed by atoms with Gasteiger partial charge in [0.1, 0.15) is 5.82 Å². The third-order valence-electron chi connectivity index (χ3n) is 3.43. The molecule has 0 bridgehead atoms. The van der Waals surface area contributed by atoms with Crippen LogP contribution in [0.5, 0.6) is 0 Å². The highest BCUT2D eigenvalue weighted by Gasteiger charge is 2.17. The third kappa shape index (κ3) is 3.79. The molecule has 0 fully saturated rings. The first-order valence-electron chi connectivity index (χ1n) is 7.23. The first-order valence-corrected chi connectivity index (χ1v) is 7.23. The average Bonchev–Trinajstić information content (AvgIpc) is 2.49. The van der Waals surface area contributed by atoms with Crippen LogP contribution >= 0.6 is 0 Å². The number of nitrogens with zero attached hydrogens (tertiary/aromatic N) is 2. The van der Waals surface area contributed by atoms with E-state index in [1.54, 1.807) is 12.3 Å². The molecule has 1 atom stereocenters. The van der Waals surface area contributed by atoms with Gasteiger partial charge in [-0.2, -0.15) is 0 Å². The van der Waals surface area contributed by atoms with Crippen molar-refractivity contribution >= 4 is 5.69 Å². The summed E-state index contributed by atoms with van der Waals surface area (Å²) in [5.74, 6) is -0.277. The van der Waals surface area contributed by atoms with Gasteiger partial charge in [0.25, 0.3) is 0 Å². The number of halogens is 1. The summed E-state index contributed by atoms with van der Waals surface area (Å²) >= 11 is 0. The Hall–Kier alpha value is -1.94. The quantitative estimate of drug-likeness (QED) is 0.883. The molecular weight excluding hydrogens is 265 g/mol. The standard InChI is InChI=1S/C17H22FN3/c1-4-9-20-17(15-8-10-19-12-16(15)18)13-6-5-7-14(11-13)21(2)3/h5-8,10-12,17,20H,4,9H2,1-3H3. The van der Waals surface area contributed by atoms with Crippen LogP contribution in [-0.4, -0.2) is 25.6 Å². The SMILES string of the molecule is CCCNC(c1cccc(N(C)C)c1)c1ccncc1F. The lowest BCUT2D eigenvalue weighted by Crippen LogP contribution is -2.24. The van der Waals surface area contributed by atoms with Gasteiger partial charge in [-0.25, -0.2) is 4.39 Å². The van der Waals surface area contributed by atoms with E-state index in [0.29, 0.717) is 5.56 Å². The molecule has 2 rings (SSSR count). The largest absolute Gasteiger partial charge is 0.378 e. The van der Waals surface area contributed by atoms with Crippen LogP contribution in [0, 0.1) is 5.82 Å². The van der Waals surface area contributed by atoms with Crippen molar-refractivity contribution in [2.24, 2.45) is 0 Å². The number of rotatable bonds is 6. The van der Waals surface area contributed by atoms with E-state index in [9.17, 15) is 4.39 Å². The predicted molar refractivity (Wildman–Crippen MR) is 85.1 cm³/mol. The van der Waals surface area contributed by atoms with E-state index in [4.69, 9.17) is 0 Å². The van der Waals surface area contributed by atoms with Gasteiger partial charge < -0.3 is 10.2 Å². The van der Waals surface area contributed by atoms with Crippen molar-refractivity contribution in [3.05, 3.63) is 59.7 Å². The number of benzene rings is 1. The maximum absolute atomic E-state index is 14.1. The summed E-state index contributed by atoms with van der Waals surface area (Å²) in [5.41, 5.74) is 2.79. The summed E-state index contributed by atoms with van der Waals surface area (Å²) in [7, 11) is 4.00. The molecule has 2 aromatic rings. The second-order valence-corrected chi connectivity index (χ2v) is 5.27. The molecule has 21 heavy (non-hydrogen) atoms. The second-order valence-electron chi connectivity index (χ2n) is 5.27. The lowest BCUT2D eigenvalue weighted by molar-refractivity contribution is 0.543.